The van der Waals surface area contributed by atoms with Gasteiger partial charge in [-0.2, -0.15) is 5.10 Å². The van der Waals surface area contributed by atoms with E-state index in [9.17, 15) is 4.79 Å². The summed E-state index contributed by atoms with van der Waals surface area (Å²) >= 11 is 1.64. The maximum atomic E-state index is 12.8. The monoisotopic (exact) mass is 403 g/mol. The molecule has 2 N–H and O–H groups in total. The number of hydrogen-bond donors (Lipinski definition) is 2. The Hall–Kier alpha value is -2.22. The Balaban J connectivity index is 0.00000210. The summed E-state index contributed by atoms with van der Waals surface area (Å²) in [6.45, 7) is 3.48. The normalized spacial score (nSPS) is 18.9. The second-order valence-electron chi connectivity index (χ2n) is 6.64. The van der Waals surface area contributed by atoms with Crippen molar-refractivity contribution in [2.24, 2.45) is 13.0 Å². The molecule has 4 rings (SSSR count). The van der Waals surface area contributed by atoms with Crippen molar-refractivity contribution in [3.63, 3.8) is 0 Å². The highest BCUT2D eigenvalue weighted by Crippen LogP contribution is 2.29. The smallest absolute Gasteiger partial charge is 0.229 e. The molecule has 2 aromatic heterocycles. The molecule has 1 fully saturated rings. The van der Waals surface area contributed by atoms with Gasteiger partial charge >= 0.3 is 0 Å². The summed E-state index contributed by atoms with van der Waals surface area (Å²) in [6, 6.07) is 7.86. The SMILES string of the molecule is Cc1nc(-c2ccc(NC(=O)[C@H]3CNC[C@@H]3c3cnn(C)c3)cc2)cs1.Cl. The molecule has 3 heterocycles. The Kier molecular flexibility index (Phi) is 5.94. The quantitative estimate of drug-likeness (QED) is 0.701. The summed E-state index contributed by atoms with van der Waals surface area (Å²) < 4.78 is 1.78. The van der Waals surface area contributed by atoms with E-state index in [1.165, 1.54) is 0 Å². The summed E-state index contributed by atoms with van der Waals surface area (Å²) in [6.07, 6.45) is 3.84. The lowest BCUT2D eigenvalue weighted by atomic mass is 9.90. The van der Waals surface area contributed by atoms with Crippen LogP contribution in [0.15, 0.2) is 42.0 Å². The molecule has 0 bridgehead atoms. The molecule has 1 aliphatic rings. The number of anilines is 1. The van der Waals surface area contributed by atoms with Gasteiger partial charge in [-0.25, -0.2) is 4.98 Å². The second-order valence-corrected chi connectivity index (χ2v) is 7.70. The summed E-state index contributed by atoms with van der Waals surface area (Å²) in [5, 5.41) is 13.7. The first-order valence-electron chi connectivity index (χ1n) is 8.63. The summed E-state index contributed by atoms with van der Waals surface area (Å²) in [7, 11) is 1.90. The number of hydrogen-bond acceptors (Lipinski definition) is 5. The first-order valence-corrected chi connectivity index (χ1v) is 9.51. The molecule has 0 saturated carbocycles. The number of aromatic nitrogens is 3. The van der Waals surface area contributed by atoms with Gasteiger partial charge in [-0.15, -0.1) is 23.7 Å². The zero-order valence-corrected chi connectivity index (χ0v) is 16.8. The first kappa shape index (κ1) is 19.5. The fourth-order valence-electron chi connectivity index (χ4n) is 3.39. The van der Waals surface area contributed by atoms with E-state index in [0.29, 0.717) is 6.54 Å². The van der Waals surface area contributed by atoms with E-state index in [1.807, 2.05) is 56.0 Å². The van der Waals surface area contributed by atoms with Gasteiger partial charge in [0.05, 0.1) is 22.8 Å². The van der Waals surface area contributed by atoms with Gasteiger partial charge in [-0.1, -0.05) is 12.1 Å². The Morgan fingerprint density at radius 1 is 1.30 bits per heavy atom. The minimum atomic E-state index is -0.0972. The predicted molar refractivity (Wildman–Crippen MR) is 110 cm³/mol. The molecule has 0 unspecified atom stereocenters. The molecule has 0 spiro atoms. The van der Waals surface area contributed by atoms with Crippen LogP contribution in [0.4, 0.5) is 5.69 Å². The van der Waals surface area contributed by atoms with E-state index in [4.69, 9.17) is 0 Å². The lowest BCUT2D eigenvalue weighted by Crippen LogP contribution is -2.28. The number of thiazole rings is 1. The molecule has 2 atom stereocenters. The van der Waals surface area contributed by atoms with Crippen LogP contribution >= 0.6 is 23.7 Å². The van der Waals surface area contributed by atoms with Gasteiger partial charge in [0.1, 0.15) is 0 Å². The predicted octanol–water partition coefficient (Wildman–Crippen LogP) is 3.22. The average Bonchev–Trinajstić information content (AvgIpc) is 3.35. The van der Waals surface area contributed by atoms with E-state index in [0.717, 1.165) is 34.1 Å². The molecule has 0 aliphatic carbocycles. The van der Waals surface area contributed by atoms with Crippen LogP contribution in [-0.4, -0.2) is 33.8 Å². The van der Waals surface area contributed by atoms with Crippen LogP contribution < -0.4 is 10.6 Å². The minimum Gasteiger partial charge on any atom is -0.326 e. The highest BCUT2D eigenvalue weighted by molar-refractivity contribution is 7.09. The van der Waals surface area contributed by atoms with Crippen molar-refractivity contribution in [2.45, 2.75) is 12.8 Å². The van der Waals surface area contributed by atoms with Crippen LogP contribution in [0.1, 0.15) is 16.5 Å². The van der Waals surface area contributed by atoms with E-state index >= 15 is 0 Å². The maximum absolute atomic E-state index is 12.8. The lowest BCUT2D eigenvalue weighted by Gasteiger charge is -2.17. The molecule has 1 aliphatic heterocycles. The van der Waals surface area contributed by atoms with Crippen LogP contribution in [-0.2, 0) is 11.8 Å². The first-order chi connectivity index (χ1) is 12.6. The Morgan fingerprint density at radius 2 is 2.07 bits per heavy atom. The Bertz CT molecular complexity index is 920. The molecule has 1 aromatic carbocycles. The van der Waals surface area contributed by atoms with E-state index in [2.05, 4.69) is 20.7 Å². The summed E-state index contributed by atoms with van der Waals surface area (Å²) in [5.41, 5.74) is 3.94. The fourth-order valence-corrected chi connectivity index (χ4v) is 4.01. The maximum Gasteiger partial charge on any atom is 0.229 e. The number of benzene rings is 1. The van der Waals surface area contributed by atoms with Crippen LogP contribution in [0.3, 0.4) is 0 Å². The van der Waals surface area contributed by atoms with Gasteiger partial charge in [0, 0.05) is 48.9 Å². The van der Waals surface area contributed by atoms with Gasteiger partial charge in [0.25, 0.3) is 0 Å². The number of aryl methyl sites for hydroxylation is 2. The van der Waals surface area contributed by atoms with Crippen molar-refractivity contribution in [3.05, 3.63) is 52.6 Å². The topological polar surface area (TPSA) is 71.8 Å². The van der Waals surface area contributed by atoms with Crippen LogP contribution in [0.2, 0.25) is 0 Å². The van der Waals surface area contributed by atoms with Gasteiger partial charge in [-0.05, 0) is 24.6 Å². The molecule has 142 valence electrons. The Morgan fingerprint density at radius 3 is 2.70 bits per heavy atom. The third kappa shape index (κ3) is 4.21. The molecule has 6 nitrogen and oxygen atoms in total. The van der Waals surface area contributed by atoms with Gasteiger partial charge in [-0.3, -0.25) is 9.48 Å². The van der Waals surface area contributed by atoms with Crippen molar-refractivity contribution in [2.75, 3.05) is 18.4 Å². The second kappa shape index (κ2) is 8.21. The van der Waals surface area contributed by atoms with Crippen molar-refractivity contribution in [1.82, 2.24) is 20.1 Å². The summed E-state index contributed by atoms with van der Waals surface area (Å²) in [4.78, 5) is 17.3. The van der Waals surface area contributed by atoms with Crippen LogP contribution in [0.25, 0.3) is 11.3 Å². The molecule has 3 aromatic rings. The lowest BCUT2D eigenvalue weighted by molar-refractivity contribution is -0.119. The van der Waals surface area contributed by atoms with Crippen molar-refractivity contribution >= 4 is 35.3 Å². The van der Waals surface area contributed by atoms with Crippen LogP contribution in [0, 0.1) is 12.8 Å². The number of amides is 1. The minimum absolute atomic E-state index is 0. The van der Waals surface area contributed by atoms with Crippen LogP contribution in [0.5, 0.6) is 0 Å². The highest BCUT2D eigenvalue weighted by atomic mass is 35.5. The Labute approximate surface area is 168 Å². The number of carbonyl (C=O) groups is 1. The zero-order chi connectivity index (χ0) is 18.1. The number of carbonyl (C=O) groups excluding carboxylic acids is 1. The average molecular weight is 404 g/mol. The fraction of sp³-hybridized carbons (Fsp3) is 0.316. The van der Waals surface area contributed by atoms with Crippen molar-refractivity contribution < 1.29 is 4.79 Å². The number of nitrogens with one attached hydrogen (secondary N) is 2. The molecular weight excluding hydrogens is 382 g/mol. The van der Waals surface area contributed by atoms with Gasteiger partial charge in [0.15, 0.2) is 0 Å². The number of nitrogens with zero attached hydrogens (tertiary/aromatic N) is 3. The third-order valence-electron chi connectivity index (χ3n) is 4.77. The summed E-state index contributed by atoms with van der Waals surface area (Å²) in [5.74, 6) is 0.0992. The molecule has 1 saturated heterocycles. The van der Waals surface area contributed by atoms with E-state index in [1.54, 1.807) is 16.0 Å². The molecule has 1 amide bonds. The van der Waals surface area contributed by atoms with E-state index < -0.39 is 0 Å². The molecular formula is C19H22ClN5OS. The van der Waals surface area contributed by atoms with Crippen molar-refractivity contribution in [1.29, 1.82) is 0 Å². The number of halogens is 1. The molecule has 8 heteroatoms. The van der Waals surface area contributed by atoms with E-state index in [-0.39, 0.29) is 30.2 Å². The highest BCUT2D eigenvalue weighted by Gasteiger charge is 2.34. The third-order valence-corrected chi connectivity index (χ3v) is 5.54. The van der Waals surface area contributed by atoms with Gasteiger partial charge < -0.3 is 10.6 Å². The largest absolute Gasteiger partial charge is 0.326 e. The zero-order valence-electron chi connectivity index (χ0n) is 15.2. The molecule has 0 radical (unpaired) electrons. The standard InChI is InChI=1S/C19H21N5OS.ClH/c1-12-22-18(11-26-12)13-3-5-15(6-4-13)23-19(25)17-9-20-8-16(17)14-7-21-24(2)10-14;/h3-7,10-11,16-17,20H,8-9H2,1-2H3,(H,23,25);1H/t16-,17+;/m1./s1. The van der Waals surface area contributed by atoms with Crippen molar-refractivity contribution in [3.8, 4) is 11.3 Å². The van der Waals surface area contributed by atoms with Gasteiger partial charge in [0.2, 0.25) is 5.91 Å². The number of rotatable bonds is 4. The molecule has 27 heavy (non-hydrogen) atoms.